The van der Waals surface area contributed by atoms with Gasteiger partial charge >= 0.3 is 6.18 Å². The Morgan fingerprint density at radius 3 is 2.23 bits per heavy atom. The van der Waals surface area contributed by atoms with Crippen molar-refractivity contribution in [2.24, 2.45) is 0 Å². The van der Waals surface area contributed by atoms with Gasteiger partial charge in [-0.1, -0.05) is 0 Å². The molecule has 1 heterocycles. The van der Waals surface area contributed by atoms with Crippen LogP contribution in [0.4, 0.5) is 13.2 Å². The lowest BCUT2D eigenvalue weighted by Gasteiger charge is -2.34. The van der Waals surface area contributed by atoms with Gasteiger partial charge in [-0.3, -0.25) is 4.90 Å². The van der Waals surface area contributed by atoms with Gasteiger partial charge in [-0.05, 0) is 0 Å². The Hall–Kier alpha value is -0.330. The van der Waals surface area contributed by atoms with E-state index in [0.29, 0.717) is 13.2 Å². The molecule has 1 rings (SSSR count). The minimum Gasteiger partial charge on any atom is -0.379 e. The van der Waals surface area contributed by atoms with Gasteiger partial charge in [0, 0.05) is 20.2 Å². The first-order valence-electron chi connectivity index (χ1n) is 3.97. The van der Waals surface area contributed by atoms with Gasteiger partial charge in [-0.15, -0.1) is 0 Å². The lowest BCUT2D eigenvalue weighted by Crippen LogP contribution is -2.51. The molecule has 0 aromatic rings. The Bertz CT molecular complexity index is 156. The zero-order valence-electron chi connectivity index (χ0n) is 7.30. The van der Waals surface area contributed by atoms with Gasteiger partial charge in [-0.25, -0.2) is 0 Å². The van der Waals surface area contributed by atoms with E-state index in [1.165, 1.54) is 4.90 Å². The fourth-order valence-electron chi connectivity index (χ4n) is 1.30. The van der Waals surface area contributed by atoms with Crippen LogP contribution in [0.2, 0.25) is 0 Å². The predicted molar refractivity (Wildman–Crippen MR) is 39.2 cm³/mol. The molecule has 0 spiro atoms. The van der Waals surface area contributed by atoms with E-state index in [1.807, 2.05) is 0 Å². The van der Waals surface area contributed by atoms with Gasteiger partial charge in [0.25, 0.3) is 0 Å². The highest BCUT2D eigenvalue weighted by atomic mass is 19.4. The van der Waals surface area contributed by atoms with E-state index in [0.717, 1.165) is 7.11 Å². The summed E-state index contributed by atoms with van der Waals surface area (Å²) in [6.45, 7) is 1.18. The van der Waals surface area contributed by atoms with Gasteiger partial charge < -0.3 is 9.47 Å². The van der Waals surface area contributed by atoms with E-state index >= 15 is 0 Å². The van der Waals surface area contributed by atoms with Crippen molar-refractivity contribution in [2.45, 2.75) is 12.4 Å². The minimum absolute atomic E-state index is 0.262. The number of halogens is 3. The van der Waals surface area contributed by atoms with Crippen LogP contribution >= 0.6 is 0 Å². The first-order valence-corrected chi connectivity index (χ1v) is 3.97. The smallest absolute Gasteiger partial charge is 0.379 e. The summed E-state index contributed by atoms with van der Waals surface area (Å²) in [6, 6.07) is 0. The molecule has 1 aliphatic heterocycles. The standard InChI is InChI=1S/C7H12F3NO2/c1-12-6(7(8,9)10)11-2-4-13-5-3-11/h6H,2-5H2,1H3. The van der Waals surface area contributed by atoms with Gasteiger partial charge in [0.15, 0.2) is 0 Å². The van der Waals surface area contributed by atoms with E-state index in [-0.39, 0.29) is 13.1 Å². The fraction of sp³-hybridized carbons (Fsp3) is 1.00. The van der Waals surface area contributed by atoms with Crippen molar-refractivity contribution in [2.75, 3.05) is 33.4 Å². The third kappa shape index (κ3) is 2.82. The molecular weight excluding hydrogens is 187 g/mol. The summed E-state index contributed by atoms with van der Waals surface area (Å²) in [7, 11) is 1.06. The summed E-state index contributed by atoms with van der Waals surface area (Å²) in [4.78, 5) is 1.23. The van der Waals surface area contributed by atoms with Crippen LogP contribution in [0.15, 0.2) is 0 Å². The van der Waals surface area contributed by atoms with Crippen molar-refractivity contribution in [1.82, 2.24) is 4.90 Å². The lowest BCUT2D eigenvalue weighted by molar-refractivity contribution is -0.265. The number of hydrogen-bond donors (Lipinski definition) is 0. The molecule has 1 unspecified atom stereocenters. The normalized spacial score (nSPS) is 23.1. The summed E-state index contributed by atoms with van der Waals surface area (Å²) in [5.41, 5.74) is 0. The summed E-state index contributed by atoms with van der Waals surface area (Å²) in [6.07, 6.45) is -6.12. The second-order valence-electron chi connectivity index (χ2n) is 2.78. The SMILES string of the molecule is COC(N1CCOCC1)C(F)(F)F. The maximum Gasteiger partial charge on any atom is 0.428 e. The topological polar surface area (TPSA) is 21.7 Å². The molecule has 0 radical (unpaired) electrons. The maximum atomic E-state index is 12.3. The van der Waals surface area contributed by atoms with E-state index < -0.39 is 12.4 Å². The number of rotatable bonds is 2. The lowest BCUT2D eigenvalue weighted by atomic mass is 10.4. The molecule has 0 N–H and O–H groups in total. The molecule has 1 fully saturated rings. The monoisotopic (exact) mass is 199 g/mol. The number of nitrogens with zero attached hydrogens (tertiary/aromatic N) is 1. The average Bonchev–Trinajstić information content (AvgIpc) is 2.05. The molecule has 1 saturated heterocycles. The van der Waals surface area contributed by atoms with Crippen molar-refractivity contribution < 1.29 is 22.6 Å². The summed E-state index contributed by atoms with van der Waals surface area (Å²) < 4.78 is 46.2. The van der Waals surface area contributed by atoms with E-state index in [1.54, 1.807) is 0 Å². The van der Waals surface area contributed by atoms with Crippen LogP contribution in [0.3, 0.4) is 0 Å². The van der Waals surface area contributed by atoms with Crippen LogP contribution in [-0.4, -0.2) is 50.7 Å². The Balaban J connectivity index is 2.54. The summed E-state index contributed by atoms with van der Waals surface area (Å²) in [5.74, 6) is 0. The van der Waals surface area contributed by atoms with Crippen LogP contribution in [0.1, 0.15) is 0 Å². The van der Waals surface area contributed by atoms with Gasteiger partial charge in [0.05, 0.1) is 13.2 Å². The van der Waals surface area contributed by atoms with Crippen molar-refractivity contribution >= 4 is 0 Å². The number of morpholine rings is 1. The fourth-order valence-corrected chi connectivity index (χ4v) is 1.30. The van der Waals surface area contributed by atoms with Crippen LogP contribution < -0.4 is 0 Å². The number of methoxy groups -OCH3 is 1. The number of hydrogen-bond acceptors (Lipinski definition) is 3. The van der Waals surface area contributed by atoms with E-state index in [2.05, 4.69) is 4.74 Å². The van der Waals surface area contributed by atoms with Crippen molar-refractivity contribution in [3.8, 4) is 0 Å². The molecule has 0 saturated carbocycles. The van der Waals surface area contributed by atoms with E-state index in [9.17, 15) is 13.2 Å². The van der Waals surface area contributed by atoms with Crippen LogP contribution in [0, 0.1) is 0 Å². The summed E-state index contributed by atoms with van der Waals surface area (Å²) in [5, 5.41) is 0. The van der Waals surface area contributed by atoms with Crippen molar-refractivity contribution in [1.29, 1.82) is 0 Å². The largest absolute Gasteiger partial charge is 0.428 e. The zero-order chi connectivity index (χ0) is 9.90. The Kier molecular flexibility index (Phi) is 3.52. The van der Waals surface area contributed by atoms with Gasteiger partial charge in [0.1, 0.15) is 0 Å². The molecule has 78 valence electrons. The maximum absolute atomic E-state index is 12.3. The van der Waals surface area contributed by atoms with Crippen molar-refractivity contribution in [3.63, 3.8) is 0 Å². The molecular formula is C7H12F3NO2. The molecule has 1 aliphatic rings. The molecule has 1 atom stereocenters. The predicted octanol–water partition coefficient (Wildman–Crippen LogP) is 0.853. The molecule has 0 aromatic carbocycles. The molecule has 13 heavy (non-hydrogen) atoms. The molecule has 0 aliphatic carbocycles. The number of ether oxygens (including phenoxy) is 2. The Labute approximate surface area is 74.4 Å². The quantitative estimate of drug-likeness (QED) is 0.658. The van der Waals surface area contributed by atoms with Crippen molar-refractivity contribution in [3.05, 3.63) is 0 Å². The Morgan fingerprint density at radius 2 is 1.85 bits per heavy atom. The molecule has 6 heteroatoms. The van der Waals surface area contributed by atoms with Crippen LogP contribution in [0.5, 0.6) is 0 Å². The average molecular weight is 199 g/mol. The van der Waals surface area contributed by atoms with Gasteiger partial charge in [0.2, 0.25) is 6.23 Å². The van der Waals surface area contributed by atoms with Crippen LogP contribution in [-0.2, 0) is 9.47 Å². The van der Waals surface area contributed by atoms with E-state index in [4.69, 9.17) is 4.74 Å². The second-order valence-corrected chi connectivity index (χ2v) is 2.78. The number of alkyl halides is 3. The first kappa shape index (κ1) is 10.7. The third-order valence-corrected chi connectivity index (χ3v) is 1.88. The highest BCUT2D eigenvalue weighted by molar-refractivity contribution is 4.72. The molecule has 0 amide bonds. The molecule has 0 bridgehead atoms. The molecule has 0 aromatic heterocycles. The van der Waals surface area contributed by atoms with Crippen LogP contribution in [0.25, 0.3) is 0 Å². The molecule has 3 nitrogen and oxygen atoms in total. The minimum atomic E-state index is -4.33. The zero-order valence-corrected chi connectivity index (χ0v) is 7.30. The third-order valence-electron chi connectivity index (χ3n) is 1.88. The van der Waals surface area contributed by atoms with Gasteiger partial charge in [-0.2, -0.15) is 13.2 Å². The Morgan fingerprint density at radius 1 is 1.31 bits per heavy atom. The summed E-state index contributed by atoms with van der Waals surface area (Å²) >= 11 is 0. The highest BCUT2D eigenvalue weighted by Gasteiger charge is 2.44. The highest BCUT2D eigenvalue weighted by Crippen LogP contribution is 2.25. The second kappa shape index (κ2) is 4.26. The first-order chi connectivity index (χ1) is 6.05.